The first-order chi connectivity index (χ1) is 14.7. The molecule has 0 aromatic heterocycles. The molecule has 4 fully saturated rings. The van der Waals surface area contributed by atoms with E-state index >= 15 is 0 Å². The van der Waals surface area contributed by atoms with Gasteiger partial charge in [-0.05, 0) is 117 Å². The predicted molar refractivity (Wildman–Crippen MR) is 125 cm³/mol. The third-order valence-electron chi connectivity index (χ3n) is 10.5. The molecule has 1 amide bonds. The van der Waals surface area contributed by atoms with E-state index < -0.39 is 5.60 Å². The van der Waals surface area contributed by atoms with Crippen LogP contribution >= 0.6 is 0 Å². The van der Waals surface area contributed by atoms with Crippen LogP contribution < -0.4 is 5.32 Å². The highest BCUT2D eigenvalue weighted by Gasteiger charge is 2.59. The first-order valence-corrected chi connectivity index (χ1v) is 12.8. The zero-order valence-corrected chi connectivity index (χ0v) is 19.7. The van der Waals surface area contributed by atoms with Crippen molar-refractivity contribution in [2.45, 2.75) is 84.2 Å². The zero-order valence-electron chi connectivity index (χ0n) is 19.7. The number of rotatable bonds is 3. The summed E-state index contributed by atoms with van der Waals surface area (Å²) in [5.74, 6) is 4.00. The molecule has 31 heavy (non-hydrogen) atoms. The van der Waals surface area contributed by atoms with Gasteiger partial charge in [-0.15, -0.1) is 0 Å². The summed E-state index contributed by atoms with van der Waals surface area (Å²) in [6.45, 7) is 7.90. The van der Waals surface area contributed by atoms with Crippen LogP contribution in [0.4, 0.5) is 0 Å². The molecule has 0 aliphatic heterocycles. The van der Waals surface area contributed by atoms with E-state index in [4.69, 9.17) is 0 Å². The van der Waals surface area contributed by atoms with Crippen molar-refractivity contribution in [2.75, 3.05) is 6.54 Å². The molecule has 0 radical (unpaired) electrons. The van der Waals surface area contributed by atoms with Gasteiger partial charge in [-0.1, -0.05) is 32.0 Å². The lowest BCUT2D eigenvalue weighted by Crippen LogP contribution is -2.54. The number of fused-ring (bicyclic) bond motifs is 5. The fourth-order valence-corrected chi connectivity index (χ4v) is 8.99. The van der Waals surface area contributed by atoms with E-state index in [-0.39, 0.29) is 5.91 Å². The van der Waals surface area contributed by atoms with E-state index in [0.717, 1.165) is 48.6 Å². The molecule has 8 atom stereocenters. The molecule has 0 spiro atoms. The van der Waals surface area contributed by atoms with Crippen molar-refractivity contribution in [3.05, 3.63) is 35.9 Å². The number of benzene rings is 1. The summed E-state index contributed by atoms with van der Waals surface area (Å²) in [6.07, 6.45) is 11.1. The van der Waals surface area contributed by atoms with Crippen molar-refractivity contribution in [2.24, 2.45) is 40.4 Å². The second-order valence-corrected chi connectivity index (χ2v) is 12.3. The Balaban J connectivity index is 1.27. The fourth-order valence-electron chi connectivity index (χ4n) is 8.99. The molecule has 1 aromatic carbocycles. The van der Waals surface area contributed by atoms with Gasteiger partial charge in [0.25, 0.3) is 5.91 Å². The van der Waals surface area contributed by atoms with Gasteiger partial charge in [0, 0.05) is 12.1 Å². The maximum absolute atomic E-state index is 12.6. The van der Waals surface area contributed by atoms with E-state index in [1.165, 1.54) is 44.9 Å². The standard InChI is InChI=1S/C28H41NO2/c1-26-14-11-22-21(23(26)13-15-27(2,31)18-26)12-16-28(3)20(9-10-24(22)28)17-29-25(30)19-7-5-4-6-8-19/h4-8,20-24,31H,9-18H2,1-3H3,(H,29,30)/t20-,21+,22-,23-,24+,26-,27-,28-/m1/s1. The molecular weight excluding hydrogens is 382 g/mol. The van der Waals surface area contributed by atoms with Gasteiger partial charge in [-0.3, -0.25) is 4.79 Å². The Bertz CT molecular complexity index is 820. The Hall–Kier alpha value is -1.35. The van der Waals surface area contributed by atoms with Gasteiger partial charge in [0.2, 0.25) is 0 Å². The van der Waals surface area contributed by atoms with Gasteiger partial charge >= 0.3 is 0 Å². The second-order valence-electron chi connectivity index (χ2n) is 12.3. The summed E-state index contributed by atoms with van der Waals surface area (Å²) in [5, 5.41) is 14.0. The Kier molecular flexibility index (Phi) is 5.28. The first-order valence-electron chi connectivity index (χ1n) is 12.8. The Morgan fingerprint density at radius 2 is 1.65 bits per heavy atom. The quantitative estimate of drug-likeness (QED) is 0.643. The molecule has 0 heterocycles. The van der Waals surface area contributed by atoms with Gasteiger partial charge in [0.15, 0.2) is 0 Å². The van der Waals surface area contributed by atoms with Crippen LogP contribution in [0.15, 0.2) is 30.3 Å². The fraction of sp³-hybridized carbons (Fsp3) is 0.750. The molecule has 5 rings (SSSR count). The summed E-state index contributed by atoms with van der Waals surface area (Å²) >= 11 is 0. The molecule has 1 aromatic rings. The smallest absolute Gasteiger partial charge is 0.251 e. The minimum absolute atomic E-state index is 0.0732. The lowest BCUT2D eigenvalue weighted by Gasteiger charge is -2.60. The summed E-state index contributed by atoms with van der Waals surface area (Å²) in [6, 6.07) is 9.63. The van der Waals surface area contributed by atoms with E-state index in [2.05, 4.69) is 26.1 Å². The molecule has 4 saturated carbocycles. The van der Waals surface area contributed by atoms with Gasteiger partial charge in [-0.2, -0.15) is 0 Å². The van der Waals surface area contributed by atoms with Gasteiger partial charge in [-0.25, -0.2) is 0 Å². The second kappa shape index (κ2) is 7.61. The molecule has 0 bridgehead atoms. The zero-order chi connectivity index (χ0) is 21.9. The molecule has 0 saturated heterocycles. The van der Waals surface area contributed by atoms with Crippen LogP contribution in [0.5, 0.6) is 0 Å². The number of carbonyl (C=O) groups excluding carboxylic acids is 1. The lowest BCUT2D eigenvalue weighted by molar-refractivity contribution is -0.138. The molecule has 2 N–H and O–H groups in total. The van der Waals surface area contributed by atoms with Crippen molar-refractivity contribution in [3.8, 4) is 0 Å². The Morgan fingerprint density at radius 1 is 0.935 bits per heavy atom. The van der Waals surface area contributed by atoms with Crippen LogP contribution in [0.1, 0.15) is 88.9 Å². The number of amides is 1. The summed E-state index contributed by atoms with van der Waals surface area (Å²) in [5.41, 5.74) is 1.01. The molecule has 4 aliphatic rings. The largest absolute Gasteiger partial charge is 0.390 e. The van der Waals surface area contributed by atoms with Crippen LogP contribution in [0, 0.1) is 40.4 Å². The highest BCUT2D eigenvalue weighted by atomic mass is 16.3. The number of hydrogen-bond donors (Lipinski definition) is 2. The number of nitrogens with one attached hydrogen (secondary N) is 1. The molecule has 3 heteroatoms. The summed E-state index contributed by atoms with van der Waals surface area (Å²) < 4.78 is 0. The van der Waals surface area contributed by atoms with Gasteiger partial charge in [0.1, 0.15) is 0 Å². The van der Waals surface area contributed by atoms with Crippen LogP contribution in [-0.4, -0.2) is 23.2 Å². The van der Waals surface area contributed by atoms with Crippen molar-refractivity contribution >= 4 is 5.91 Å². The van der Waals surface area contributed by atoms with Crippen LogP contribution in [0.25, 0.3) is 0 Å². The van der Waals surface area contributed by atoms with Crippen LogP contribution in [0.3, 0.4) is 0 Å². The van der Waals surface area contributed by atoms with Gasteiger partial charge < -0.3 is 10.4 Å². The molecule has 170 valence electrons. The van der Waals surface area contributed by atoms with E-state index in [1.807, 2.05) is 30.3 Å². The van der Waals surface area contributed by atoms with Crippen molar-refractivity contribution in [1.29, 1.82) is 0 Å². The number of hydrogen-bond acceptors (Lipinski definition) is 2. The number of aliphatic hydroxyl groups is 1. The molecular formula is C28H41NO2. The van der Waals surface area contributed by atoms with Crippen LogP contribution in [0.2, 0.25) is 0 Å². The van der Waals surface area contributed by atoms with Crippen molar-refractivity contribution in [3.63, 3.8) is 0 Å². The van der Waals surface area contributed by atoms with Crippen LogP contribution in [-0.2, 0) is 0 Å². The third kappa shape index (κ3) is 3.65. The predicted octanol–water partition coefficient (Wildman–Crippen LogP) is 5.83. The minimum atomic E-state index is -0.462. The number of carbonyl (C=O) groups is 1. The average molecular weight is 424 g/mol. The SMILES string of the molecule is C[C@@]1(O)CC[C@@H]2[C@H]3CC[C@]4(C)[C@@H](CNC(=O)c5ccccc5)CC[C@H]4[C@@H]3CC[C@]2(C)C1. The van der Waals surface area contributed by atoms with E-state index in [1.54, 1.807) is 0 Å². The lowest BCUT2D eigenvalue weighted by atomic mass is 9.45. The van der Waals surface area contributed by atoms with Crippen molar-refractivity contribution in [1.82, 2.24) is 5.32 Å². The molecule has 3 nitrogen and oxygen atoms in total. The monoisotopic (exact) mass is 423 g/mol. The highest BCUT2D eigenvalue weighted by Crippen LogP contribution is 2.66. The Labute approximate surface area is 188 Å². The van der Waals surface area contributed by atoms with E-state index in [0.29, 0.717) is 16.7 Å². The van der Waals surface area contributed by atoms with E-state index in [9.17, 15) is 9.90 Å². The summed E-state index contributed by atoms with van der Waals surface area (Å²) in [7, 11) is 0. The molecule has 4 aliphatic carbocycles. The first kappa shape index (κ1) is 21.5. The normalized spacial score (nSPS) is 46.5. The van der Waals surface area contributed by atoms with Crippen molar-refractivity contribution < 1.29 is 9.90 Å². The third-order valence-corrected chi connectivity index (χ3v) is 10.5. The Morgan fingerprint density at radius 3 is 2.42 bits per heavy atom. The highest BCUT2D eigenvalue weighted by molar-refractivity contribution is 5.94. The summed E-state index contributed by atoms with van der Waals surface area (Å²) in [4.78, 5) is 12.6. The average Bonchev–Trinajstić information content (AvgIpc) is 3.07. The maximum Gasteiger partial charge on any atom is 0.251 e. The maximum atomic E-state index is 12.6. The minimum Gasteiger partial charge on any atom is -0.390 e. The molecule has 0 unspecified atom stereocenters. The van der Waals surface area contributed by atoms with Gasteiger partial charge in [0.05, 0.1) is 5.60 Å². The topological polar surface area (TPSA) is 49.3 Å².